The van der Waals surface area contributed by atoms with Crippen molar-refractivity contribution in [3.63, 3.8) is 0 Å². The lowest BCUT2D eigenvalue weighted by molar-refractivity contribution is -0.131. The third kappa shape index (κ3) is 4.40. The molecule has 2 aromatic rings. The lowest BCUT2D eigenvalue weighted by Crippen LogP contribution is -2.32. The predicted molar refractivity (Wildman–Crippen MR) is 78.5 cm³/mol. The number of hydrogen-bond donors (Lipinski definition) is 1. The molecule has 0 heterocycles. The number of benzene rings is 2. The Bertz CT molecular complexity index is 659. The molecule has 0 aliphatic carbocycles. The standard InChI is InChI=1S/C15H15NO4S/c1-12(17)20-21(18,19)16-15(13-8-4-2-5-9-13)14-10-6-3-7-11-14/h2-11,15-16H,1H3. The topological polar surface area (TPSA) is 72.5 Å². The van der Waals surface area contributed by atoms with Gasteiger partial charge in [0.2, 0.25) is 0 Å². The summed E-state index contributed by atoms with van der Waals surface area (Å²) in [7, 11) is -4.18. The number of hydrogen-bond acceptors (Lipinski definition) is 4. The van der Waals surface area contributed by atoms with Crippen LogP contribution in [0.1, 0.15) is 24.1 Å². The monoisotopic (exact) mass is 305 g/mol. The zero-order chi connectivity index (χ0) is 15.3. The van der Waals surface area contributed by atoms with E-state index < -0.39 is 22.3 Å². The van der Waals surface area contributed by atoms with Crippen molar-refractivity contribution in [2.24, 2.45) is 0 Å². The molecule has 110 valence electrons. The summed E-state index contributed by atoms with van der Waals surface area (Å²) < 4.78 is 30.4. The van der Waals surface area contributed by atoms with Gasteiger partial charge in [-0.25, -0.2) is 0 Å². The van der Waals surface area contributed by atoms with Crippen LogP contribution in [0.4, 0.5) is 0 Å². The summed E-state index contributed by atoms with van der Waals surface area (Å²) in [6.45, 7) is 1.04. The summed E-state index contributed by atoms with van der Waals surface area (Å²) in [5.41, 5.74) is 1.50. The smallest absolute Gasteiger partial charge is 0.334 e. The molecular formula is C15H15NO4S. The highest BCUT2D eigenvalue weighted by molar-refractivity contribution is 7.85. The maximum absolute atomic E-state index is 11.8. The van der Waals surface area contributed by atoms with E-state index in [4.69, 9.17) is 0 Å². The minimum absolute atomic E-state index is 0.628. The van der Waals surface area contributed by atoms with E-state index in [0.717, 1.165) is 18.1 Å². The van der Waals surface area contributed by atoms with E-state index >= 15 is 0 Å². The second kappa shape index (κ2) is 6.51. The van der Waals surface area contributed by atoms with E-state index in [1.807, 2.05) is 36.4 Å². The van der Waals surface area contributed by atoms with Gasteiger partial charge in [-0.15, -0.1) is 0 Å². The van der Waals surface area contributed by atoms with E-state index in [-0.39, 0.29) is 0 Å². The molecule has 0 fully saturated rings. The number of rotatable bonds is 5. The van der Waals surface area contributed by atoms with Crippen LogP contribution in [0.3, 0.4) is 0 Å². The molecule has 0 aliphatic heterocycles. The van der Waals surface area contributed by atoms with Crippen LogP contribution in [-0.2, 0) is 19.3 Å². The molecule has 2 rings (SSSR count). The molecule has 21 heavy (non-hydrogen) atoms. The Morgan fingerprint density at radius 2 is 1.38 bits per heavy atom. The second-order valence-electron chi connectivity index (χ2n) is 4.40. The first kappa shape index (κ1) is 15.2. The lowest BCUT2D eigenvalue weighted by Gasteiger charge is -2.18. The Morgan fingerprint density at radius 1 is 0.952 bits per heavy atom. The SMILES string of the molecule is CC(=O)OS(=O)(=O)NC(c1ccccc1)c1ccccc1. The number of nitrogens with one attached hydrogen (secondary N) is 1. The largest absolute Gasteiger partial charge is 0.385 e. The maximum Gasteiger partial charge on any atom is 0.385 e. The highest BCUT2D eigenvalue weighted by Gasteiger charge is 2.23. The van der Waals surface area contributed by atoms with Crippen molar-refractivity contribution >= 4 is 16.3 Å². The van der Waals surface area contributed by atoms with Crippen molar-refractivity contribution in [3.05, 3.63) is 71.8 Å². The molecular weight excluding hydrogens is 290 g/mol. The zero-order valence-corrected chi connectivity index (χ0v) is 12.2. The highest BCUT2D eigenvalue weighted by Crippen LogP contribution is 2.22. The average Bonchev–Trinajstić information content (AvgIpc) is 2.45. The fourth-order valence-electron chi connectivity index (χ4n) is 1.94. The summed E-state index contributed by atoms with van der Waals surface area (Å²) in [6.07, 6.45) is 0. The predicted octanol–water partition coefficient (Wildman–Crippen LogP) is 2.17. The van der Waals surface area contributed by atoms with Crippen molar-refractivity contribution in [1.82, 2.24) is 4.72 Å². The minimum Gasteiger partial charge on any atom is -0.334 e. The highest BCUT2D eigenvalue weighted by atomic mass is 32.2. The molecule has 0 saturated carbocycles. The Hall–Kier alpha value is -2.18. The fourth-order valence-corrected chi connectivity index (χ4v) is 2.86. The third-order valence-electron chi connectivity index (χ3n) is 2.76. The molecule has 1 N–H and O–H groups in total. The summed E-state index contributed by atoms with van der Waals surface area (Å²) in [4.78, 5) is 10.9. The van der Waals surface area contributed by atoms with E-state index in [1.165, 1.54) is 0 Å². The van der Waals surface area contributed by atoms with Crippen LogP contribution < -0.4 is 4.72 Å². The maximum atomic E-state index is 11.8. The molecule has 5 nitrogen and oxygen atoms in total. The van der Waals surface area contributed by atoms with E-state index in [9.17, 15) is 13.2 Å². The Labute approximate surface area is 123 Å². The van der Waals surface area contributed by atoms with Crippen molar-refractivity contribution in [1.29, 1.82) is 0 Å². The van der Waals surface area contributed by atoms with E-state index in [1.54, 1.807) is 24.3 Å². The van der Waals surface area contributed by atoms with Crippen molar-refractivity contribution in [2.45, 2.75) is 13.0 Å². The third-order valence-corrected chi connectivity index (χ3v) is 3.73. The number of carbonyl (C=O) groups is 1. The first-order valence-electron chi connectivity index (χ1n) is 6.30. The second-order valence-corrected chi connectivity index (χ2v) is 5.71. The van der Waals surface area contributed by atoms with Gasteiger partial charge in [0, 0.05) is 6.92 Å². The molecule has 0 aliphatic rings. The van der Waals surface area contributed by atoms with Crippen LogP contribution in [-0.4, -0.2) is 14.4 Å². The number of carbonyl (C=O) groups excluding carboxylic acids is 1. The van der Waals surface area contributed by atoms with E-state index in [2.05, 4.69) is 8.91 Å². The lowest BCUT2D eigenvalue weighted by atomic mass is 10.00. The van der Waals surface area contributed by atoms with Gasteiger partial charge in [0.05, 0.1) is 6.04 Å². The van der Waals surface area contributed by atoms with Crippen molar-refractivity contribution < 1.29 is 17.4 Å². The molecule has 0 unspecified atom stereocenters. The van der Waals surface area contributed by atoms with Gasteiger partial charge in [0.1, 0.15) is 0 Å². The Balaban J connectivity index is 2.36. The Kier molecular flexibility index (Phi) is 4.72. The molecule has 6 heteroatoms. The molecule has 0 saturated heterocycles. The molecule has 0 aromatic heterocycles. The minimum atomic E-state index is -4.18. The van der Waals surface area contributed by atoms with Crippen LogP contribution in [0, 0.1) is 0 Å². The van der Waals surface area contributed by atoms with Crippen LogP contribution in [0.15, 0.2) is 60.7 Å². The molecule has 0 spiro atoms. The van der Waals surface area contributed by atoms with E-state index in [0.29, 0.717) is 0 Å². The summed E-state index contributed by atoms with van der Waals surface area (Å²) >= 11 is 0. The Morgan fingerprint density at radius 3 is 1.76 bits per heavy atom. The van der Waals surface area contributed by atoms with Gasteiger partial charge in [-0.05, 0) is 11.1 Å². The van der Waals surface area contributed by atoms with Gasteiger partial charge in [0.15, 0.2) is 0 Å². The zero-order valence-electron chi connectivity index (χ0n) is 11.4. The summed E-state index contributed by atoms with van der Waals surface area (Å²) in [6, 6.07) is 17.5. The van der Waals surface area contributed by atoms with Gasteiger partial charge in [0.25, 0.3) is 0 Å². The van der Waals surface area contributed by atoms with Gasteiger partial charge < -0.3 is 4.18 Å². The fraction of sp³-hybridized carbons (Fsp3) is 0.133. The van der Waals surface area contributed by atoms with Crippen LogP contribution in [0.5, 0.6) is 0 Å². The van der Waals surface area contributed by atoms with Crippen molar-refractivity contribution in [3.8, 4) is 0 Å². The molecule has 0 bridgehead atoms. The summed E-state index contributed by atoms with van der Waals surface area (Å²) in [5.74, 6) is -0.887. The van der Waals surface area contributed by atoms with Crippen molar-refractivity contribution in [2.75, 3.05) is 0 Å². The average molecular weight is 305 g/mol. The molecule has 0 atom stereocenters. The van der Waals surface area contributed by atoms with Gasteiger partial charge in [-0.3, -0.25) is 4.79 Å². The molecule has 2 aromatic carbocycles. The molecule has 0 amide bonds. The van der Waals surface area contributed by atoms with Gasteiger partial charge in [-0.2, -0.15) is 13.1 Å². The first-order chi connectivity index (χ1) is 9.98. The van der Waals surface area contributed by atoms with Crippen LogP contribution in [0.2, 0.25) is 0 Å². The van der Waals surface area contributed by atoms with Gasteiger partial charge >= 0.3 is 16.3 Å². The van der Waals surface area contributed by atoms with Gasteiger partial charge in [-0.1, -0.05) is 60.7 Å². The van der Waals surface area contributed by atoms with Crippen LogP contribution in [0.25, 0.3) is 0 Å². The summed E-state index contributed by atoms with van der Waals surface area (Å²) in [5, 5.41) is 0. The first-order valence-corrected chi connectivity index (χ1v) is 7.71. The molecule has 0 radical (unpaired) electrons. The van der Waals surface area contributed by atoms with Crippen LogP contribution >= 0.6 is 0 Å². The quantitative estimate of drug-likeness (QED) is 0.919. The normalized spacial score (nSPS) is 11.3.